The summed E-state index contributed by atoms with van der Waals surface area (Å²) < 4.78 is 11.7. The lowest BCUT2D eigenvalue weighted by Crippen LogP contribution is -2.39. The van der Waals surface area contributed by atoms with Crippen LogP contribution in [-0.2, 0) is 9.47 Å². The highest BCUT2D eigenvalue weighted by molar-refractivity contribution is 9.10. The van der Waals surface area contributed by atoms with E-state index >= 15 is 0 Å². The van der Waals surface area contributed by atoms with E-state index in [0.29, 0.717) is 0 Å². The Morgan fingerprint density at radius 2 is 1.26 bits per heavy atom. The fourth-order valence-electron chi connectivity index (χ4n) is 2.34. The van der Waals surface area contributed by atoms with Crippen LogP contribution in [0.5, 0.6) is 0 Å². The van der Waals surface area contributed by atoms with Crippen LogP contribution in [0.15, 0.2) is 10.8 Å². The number of aromatic nitrogens is 2. The second kappa shape index (κ2) is 6.02. The highest BCUT2D eigenvalue weighted by atomic mass is 79.9. The molecule has 0 unspecified atom stereocenters. The zero-order valence-electron chi connectivity index (χ0n) is 10.7. The molecule has 0 aliphatic carbocycles. The third kappa shape index (κ3) is 2.82. The molecule has 1 aromatic heterocycles. The van der Waals surface area contributed by atoms with Gasteiger partial charge in [-0.05, 0) is 15.9 Å². The van der Waals surface area contributed by atoms with E-state index in [0.717, 1.165) is 68.7 Å². The summed E-state index contributed by atoms with van der Waals surface area (Å²) in [5.41, 5.74) is 0. The first-order valence-electron chi connectivity index (χ1n) is 6.52. The fourth-order valence-corrected chi connectivity index (χ4v) is 3.05. The molecule has 0 radical (unpaired) electrons. The van der Waals surface area contributed by atoms with Gasteiger partial charge in [0.2, 0.25) is 0 Å². The Labute approximate surface area is 120 Å². The third-order valence-electron chi connectivity index (χ3n) is 3.37. The van der Waals surface area contributed by atoms with Crippen molar-refractivity contribution in [1.82, 2.24) is 9.97 Å². The molecule has 0 atom stereocenters. The van der Waals surface area contributed by atoms with E-state index in [-0.39, 0.29) is 0 Å². The lowest BCUT2D eigenvalue weighted by molar-refractivity contribution is 0.121. The van der Waals surface area contributed by atoms with Gasteiger partial charge in [-0.15, -0.1) is 0 Å². The van der Waals surface area contributed by atoms with Gasteiger partial charge in [0.05, 0.1) is 26.4 Å². The smallest absolute Gasteiger partial charge is 0.148 e. The fraction of sp³-hybridized carbons (Fsp3) is 0.667. The number of ether oxygens (including phenoxy) is 2. The number of halogens is 1. The van der Waals surface area contributed by atoms with Gasteiger partial charge in [-0.3, -0.25) is 0 Å². The lowest BCUT2D eigenvalue weighted by atomic mass is 10.3. The zero-order chi connectivity index (χ0) is 13.1. The quantitative estimate of drug-likeness (QED) is 0.804. The molecule has 7 heteroatoms. The van der Waals surface area contributed by atoms with Crippen LogP contribution in [0.25, 0.3) is 0 Å². The van der Waals surface area contributed by atoms with Crippen LogP contribution in [0.3, 0.4) is 0 Å². The number of hydrogen-bond acceptors (Lipinski definition) is 6. The van der Waals surface area contributed by atoms with Gasteiger partial charge in [0.25, 0.3) is 0 Å². The Kier molecular flexibility index (Phi) is 4.15. The maximum Gasteiger partial charge on any atom is 0.148 e. The number of hydrogen-bond donors (Lipinski definition) is 0. The molecular weight excluding hydrogens is 312 g/mol. The molecule has 0 N–H and O–H groups in total. The van der Waals surface area contributed by atoms with Crippen molar-refractivity contribution >= 4 is 27.6 Å². The van der Waals surface area contributed by atoms with Crippen LogP contribution >= 0.6 is 15.9 Å². The number of morpholine rings is 2. The number of anilines is 2. The van der Waals surface area contributed by atoms with E-state index in [4.69, 9.17) is 9.47 Å². The number of nitrogens with zero attached hydrogens (tertiary/aromatic N) is 4. The third-order valence-corrected chi connectivity index (χ3v) is 4.08. The van der Waals surface area contributed by atoms with Crippen molar-refractivity contribution in [1.29, 1.82) is 0 Å². The van der Waals surface area contributed by atoms with Gasteiger partial charge in [-0.2, -0.15) is 0 Å². The summed E-state index contributed by atoms with van der Waals surface area (Å²) in [6, 6.07) is 0. The minimum absolute atomic E-state index is 0.753. The first-order chi connectivity index (χ1) is 9.36. The molecule has 6 nitrogen and oxygen atoms in total. The molecule has 3 rings (SSSR count). The van der Waals surface area contributed by atoms with E-state index < -0.39 is 0 Å². The molecule has 19 heavy (non-hydrogen) atoms. The largest absolute Gasteiger partial charge is 0.378 e. The van der Waals surface area contributed by atoms with E-state index in [1.807, 2.05) is 0 Å². The van der Waals surface area contributed by atoms with Crippen LogP contribution < -0.4 is 9.80 Å². The van der Waals surface area contributed by atoms with E-state index in [1.165, 1.54) is 0 Å². The summed E-state index contributed by atoms with van der Waals surface area (Å²) in [7, 11) is 0. The second-order valence-electron chi connectivity index (χ2n) is 4.53. The molecule has 2 saturated heterocycles. The molecule has 1 aromatic rings. The first kappa shape index (κ1) is 13.1. The Bertz CT molecular complexity index is 397. The predicted octanol–water partition coefficient (Wildman–Crippen LogP) is 0.912. The SMILES string of the molecule is Brc1c(N2CCOCC2)ncnc1N1CCOCC1. The van der Waals surface area contributed by atoms with Crippen molar-refractivity contribution in [2.24, 2.45) is 0 Å². The van der Waals surface area contributed by atoms with Crippen LogP contribution in [0.4, 0.5) is 11.6 Å². The minimum atomic E-state index is 0.753. The minimum Gasteiger partial charge on any atom is -0.378 e. The van der Waals surface area contributed by atoms with Crippen LogP contribution in [-0.4, -0.2) is 62.6 Å². The van der Waals surface area contributed by atoms with Crippen molar-refractivity contribution in [3.63, 3.8) is 0 Å². The molecule has 2 fully saturated rings. The van der Waals surface area contributed by atoms with Crippen molar-refractivity contribution in [3.05, 3.63) is 10.8 Å². The normalized spacial score (nSPS) is 20.7. The standard InChI is InChI=1S/C12H17BrN4O2/c13-10-11(16-1-5-18-6-2-16)14-9-15-12(10)17-3-7-19-8-4-17/h9H,1-8H2. The zero-order valence-corrected chi connectivity index (χ0v) is 12.3. The maximum absolute atomic E-state index is 5.38. The predicted molar refractivity (Wildman–Crippen MR) is 75.8 cm³/mol. The molecule has 3 heterocycles. The average molecular weight is 329 g/mol. The van der Waals surface area contributed by atoms with Gasteiger partial charge in [0.1, 0.15) is 22.4 Å². The average Bonchev–Trinajstić information content (AvgIpc) is 2.49. The van der Waals surface area contributed by atoms with Gasteiger partial charge < -0.3 is 19.3 Å². The molecule has 2 aliphatic rings. The Morgan fingerprint density at radius 1 is 0.842 bits per heavy atom. The van der Waals surface area contributed by atoms with Crippen molar-refractivity contribution < 1.29 is 9.47 Å². The maximum atomic E-state index is 5.38. The highest BCUT2D eigenvalue weighted by Gasteiger charge is 2.21. The Balaban J connectivity index is 1.84. The van der Waals surface area contributed by atoms with E-state index in [2.05, 4.69) is 35.7 Å². The second-order valence-corrected chi connectivity index (χ2v) is 5.33. The Morgan fingerprint density at radius 3 is 1.68 bits per heavy atom. The van der Waals surface area contributed by atoms with Crippen molar-refractivity contribution in [2.75, 3.05) is 62.4 Å². The molecule has 0 spiro atoms. The Hall–Kier alpha value is -0.920. The van der Waals surface area contributed by atoms with Crippen LogP contribution in [0.1, 0.15) is 0 Å². The summed E-state index contributed by atoms with van der Waals surface area (Å²) >= 11 is 3.66. The molecule has 0 bridgehead atoms. The molecule has 0 saturated carbocycles. The van der Waals surface area contributed by atoms with E-state index in [1.54, 1.807) is 6.33 Å². The number of rotatable bonds is 2. The molecule has 0 amide bonds. The molecule has 0 aromatic carbocycles. The summed E-state index contributed by atoms with van der Waals surface area (Å²) in [4.78, 5) is 13.3. The van der Waals surface area contributed by atoms with Crippen LogP contribution in [0.2, 0.25) is 0 Å². The van der Waals surface area contributed by atoms with Gasteiger partial charge in [0.15, 0.2) is 0 Å². The van der Waals surface area contributed by atoms with Gasteiger partial charge in [0, 0.05) is 26.2 Å². The van der Waals surface area contributed by atoms with Gasteiger partial charge in [-0.1, -0.05) is 0 Å². The van der Waals surface area contributed by atoms with Crippen molar-refractivity contribution in [2.45, 2.75) is 0 Å². The highest BCUT2D eigenvalue weighted by Crippen LogP contribution is 2.32. The lowest BCUT2D eigenvalue weighted by Gasteiger charge is -2.32. The van der Waals surface area contributed by atoms with Gasteiger partial charge in [-0.25, -0.2) is 9.97 Å². The van der Waals surface area contributed by atoms with Crippen LogP contribution in [0, 0.1) is 0 Å². The monoisotopic (exact) mass is 328 g/mol. The molecule has 104 valence electrons. The molecular formula is C12H17BrN4O2. The summed E-state index contributed by atoms with van der Waals surface area (Å²) in [6.45, 7) is 6.51. The topological polar surface area (TPSA) is 50.7 Å². The van der Waals surface area contributed by atoms with Gasteiger partial charge >= 0.3 is 0 Å². The van der Waals surface area contributed by atoms with E-state index in [9.17, 15) is 0 Å². The summed E-state index contributed by atoms with van der Waals surface area (Å²) in [5, 5.41) is 0. The first-order valence-corrected chi connectivity index (χ1v) is 7.31. The summed E-state index contributed by atoms with van der Waals surface area (Å²) in [5.74, 6) is 1.92. The molecule has 2 aliphatic heterocycles. The summed E-state index contributed by atoms with van der Waals surface area (Å²) in [6.07, 6.45) is 1.64. The van der Waals surface area contributed by atoms with Crippen molar-refractivity contribution in [3.8, 4) is 0 Å².